The molecule has 2 amide bonds. The molecule has 0 bridgehead atoms. The Morgan fingerprint density at radius 3 is 1.95 bits per heavy atom. The topological polar surface area (TPSA) is 49.4 Å². The largest absolute Gasteiger partial charge is 0.457 e. The first-order chi connectivity index (χ1) is 18.3. The molecule has 0 heterocycles. The zero-order valence-corrected chi connectivity index (χ0v) is 22.3. The molecule has 0 aromatic heterocycles. The van der Waals surface area contributed by atoms with Crippen molar-refractivity contribution in [2.24, 2.45) is 0 Å². The summed E-state index contributed by atoms with van der Waals surface area (Å²) in [7, 11) is 0. The van der Waals surface area contributed by atoms with Gasteiger partial charge in [-0.1, -0.05) is 24.3 Å². The van der Waals surface area contributed by atoms with Crippen LogP contribution >= 0.6 is 32.1 Å². The van der Waals surface area contributed by atoms with E-state index in [2.05, 4.69) is 37.4 Å². The van der Waals surface area contributed by atoms with Crippen LogP contribution in [-0.4, -0.2) is 30.1 Å². The second-order valence-corrected chi connectivity index (χ2v) is 9.56. The fraction of sp³-hybridized carbons (Fsp3) is 0.167. The van der Waals surface area contributed by atoms with Crippen molar-refractivity contribution in [2.45, 2.75) is 23.9 Å². The van der Waals surface area contributed by atoms with Gasteiger partial charge in [-0.3, -0.25) is 9.59 Å². The highest BCUT2D eigenvalue weighted by atomic mass is 79.9. The van der Waals surface area contributed by atoms with Gasteiger partial charge in [0.1, 0.15) is 5.82 Å². The third kappa shape index (κ3) is 5.68. The average molecular weight is 710 g/mol. The van der Waals surface area contributed by atoms with Crippen LogP contribution in [0, 0.1) is 5.82 Å². The number of benzene rings is 3. The van der Waals surface area contributed by atoms with Gasteiger partial charge in [0.25, 0.3) is 11.8 Å². The normalized spacial score (nSPS) is 13.9. The van der Waals surface area contributed by atoms with Crippen molar-refractivity contribution in [1.82, 2.24) is 0 Å². The second kappa shape index (κ2) is 11.0. The van der Waals surface area contributed by atoms with Gasteiger partial charge < -0.3 is 5.32 Å². The summed E-state index contributed by atoms with van der Waals surface area (Å²) in [6.07, 6.45) is -13.6. The smallest absolute Gasteiger partial charge is 0.322 e. The van der Waals surface area contributed by atoms with Crippen molar-refractivity contribution in [3.63, 3.8) is 0 Å². The highest BCUT2D eigenvalue weighted by Gasteiger charge is 2.81. The van der Waals surface area contributed by atoms with E-state index in [1.807, 2.05) is 0 Å². The molecule has 3 aromatic carbocycles. The lowest BCUT2D eigenvalue weighted by molar-refractivity contribution is -0.389. The number of halogens is 12. The number of amides is 2. The number of hydrogen-bond acceptors (Lipinski definition) is 2. The van der Waals surface area contributed by atoms with Crippen molar-refractivity contribution in [3.8, 4) is 0 Å². The Hall–Kier alpha value is -3.14. The van der Waals surface area contributed by atoms with Crippen LogP contribution in [0.25, 0.3) is 0 Å². The quantitative estimate of drug-likeness (QED) is 0.206. The molecule has 0 spiro atoms. The van der Waals surface area contributed by atoms with Crippen LogP contribution in [-0.2, 0) is 5.67 Å². The summed E-state index contributed by atoms with van der Waals surface area (Å²) in [5.74, 6) is -9.50. The number of rotatable bonds is 6. The minimum atomic E-state index is -6.90. The summed E-state index contributed by atoms with van der Waals surface area (Å²) in [5, 5.41) is 2.36. The minimum absolute atomic E-state index is 0.0242. The van der Waals surface area contributed by atoms with Gasteiger partial charge in [-0.2, -0.15) is 35.1 Å². The first-order valence-corrected chi connectivity index (χ1v) is 12.0. The Morgan fingerprint density at radius 2 is 1.40 bits per heavy atom. The van der Waals surface area contributed by atoms with E-state index in [1.165, 1.54) is 36.4 Å². The molecule has 0 saturated carbocycles. The number of nitrogens with zero attached hydrogens (tertiary/aromatic N) is 1. The molecule has 0 aliphatic rings. The molecule has 0 aliphatic heterocycles. The van der Waals surface area contributed by atoms with Crippen LogP contribution in [0.2, 0.25) is 0 Å². The minimum Gasteiger partial charge on any atom is -0.322 e. The van der Waals surface area contributed by atoms with Gasteiger partial charge in [0, 0.05) is 21.3 Å². The van der Waals surface area contributed by atoms with Crippen molar-refractivity contribution in [1.29, 1.82) is 0 Å². The van der Waals surface area contributed by atoms with Crippen LogP contribution in [0.4, 0.5) is 55.3 Å². The maximum absolute atomic E-state index is 14.8. The molecule has 0 fully saturated rings. The van der Waals surface area contributed by atoms with Gasteiger partial charge in [0.05, 0.1) is 27.4 Å². The van der Waals surface area contributed by atoms with E-state index >= 15 is 0 Å². The van der Waals surface area contributed by atoms with Crippen LogP contribution in [0.3, 0.4) is 0 Å². The fourth-order valence-electron chi connectivity index (χ4n) is 3.40. The fourth-order valence-corrected chi connectivity index (χ4v) is 4.70. The molecule has 1 atom stereocenters. The van der Waals surface area contributed by atoms with Crippen LogP contribution in [0.15, 0.2) is 71.2 Å². The standard InChI is InChI=1S/C24H12Br2F10N2O2/c25-16-11-13(21(28,23(31,32)33)22(29,30)24(34,35)36)8-9-18(16)38(26)20(40)12-4-3-5-14(10-12)37-19(39)15-6-1-2-7-17(15)27/h1-11H,(H,37,39). The zero-order valence-electron chi connectivity index (χ0n) is 19.2. The SMILES string of the molecule is O=C(Nc1cccc(C(=O)N(Br)c2ccc(C(F)(C(F)(F)F)C(F)(F)C(F)(F)F)cc2Br)c1)c1ccccc1F. The summed E-state index contributed by atoms with van der Waals surface area (Å²) >= 11 is 5.49. The van der Waals surface area contributed by atoms with Crippen molar-refractivity contribution < 1.29 is 53.5 Å². The predicted molar refractivity (Wildman–Crippen MR) is 131 cm³/mol. The molecule has 0 saturated heterocycles. The molecule has 1 unspecified atom stereocenters. The van der Waals surface area contributed by atoms with Gasteiger partial charge in [-0.15, -0.1) is 0 Å². The summed E-state index contributed by atoms with van der Waals surface area (Å²) in [6, 6.07) is 10.6. The van der Waals surface area contributed by atoms with E-state index in [0.717, 1.165) is 12.1 Å². The molecule has 0 radical (unpaired) electrons. The molecule has 40 heavy (non-hydrogen) atoms. The number of carbonyl (C=O) groups is 2. The number of carbonyl (C=O) groups excluding carboxylic acids is 2. The number of anilines is 2. The molecule has 214 valence electrons. The summed E-state index contributed by atoms with van der Waals surface area (Å²) in [6.45, 7) is 0. The molecular formula is C24H12Br2F10N2O2. The van der Waals surface area contributed by atoms with Crippen molar-refractivity contribution in [3.05, 3.63) is 93.7 Å². The van der Waals surface area contributed by atoms with Crippen LogP contribution in [0.5, 0.6) is 0 Å². The van der Waals surface area contributed by atoms with E-state index in [4.69, 9.17) is 0 Å². The Morgan fingerprint density at radius 1 is 0.775 bits per heavy atom. The molecule has 1 N–H and O–H groups in total. The zero-order chi connectivity index (χ0) is 30.3. The first-order valence-electron chi connectivity index (χ1n) is 10.5. The average Bonchev–Trinajstić information content (AvgIpc) is 2.86. The second-order valence-electron chi connectivity index (χ2n) is 8.00. The van der Waals surface area contributed by atoms with E-state index in [0.29, 0.717) is 9.99 Å². The van der Waals surface area contributed by atoms with E-state index in [9.17, 15) is 53.5 Å². The van der Waals surface area contributed by atoms with Crippen LogP contribution in [0.1, 0.15) is 26.3 Å². The lowest BCUT2D eigenvalue weighted by Gasteiger charge is -2.36. The van der Waals surface area contributed by atoms with E-state index in [1.54, 1.807) is 0 Å². The molecule has 16 heteroatoms. The van der Waals surface area contributed by atoms with Gasteiger partial charge in [-0.05, 0) is 58.4 Å². The van der Waals surface area contributed by atoms with Gasteiger partial charge in [-0.25, -0.2) is 12.7 Å². The van der Waals surface area contributed by atoms with Crippen LogP contribution < -0.4 is 9.24 Å². The number of alkyl halides is 9. The Bertz CT molecular complexity index is 1450. The summed E-state index contributed by atoms with van der Waals surface area (Å²) in [5.41, 5.74) is -9.09. The van der Waals surface area contributed by atoms with E-state index < -0.39 is 57.3 Å². The highest BCUT2D eigenvalue weighted by molar-refractivity contribution is 9.11. The third-order valence-electron chi connectivity index (χ3n) is 5.40. The molecule has 0 aliphatic carbocycles. The molecular weight excluding hydrogens is 698 g/mol. The summed E-state index contributed by atoms with van der Waals surface area (Å²) in [4.78, 5) is 25.3. The Labute approximate surface area is 235 Å². The lowest BCUT2D eigenvalue weighted by atomic mass is 9.87. The van der Waals surface area contributed by atoms with Gasteiger partial charge in [0.15, 0.2) is 0 Å². The molecule has 3 rings (SSSR count). The van der Waals surface area contributed by atoms with Crippen molar-refractivity contribution in [2.75, 3.05) is 9.24 Å². The number of hydrogen-bond donors (Lipinski definition) is 1. The Balaban J connectivity index is 1.92. The summed E-state index contributed by atoms with van der Waals surface area (Å²) < 4.78 is 134. The lowest BCUT2D eigenvalue weighted by Crippen LogP contribution is -2.59. The third-order valence-corrected chi connectivity index (χ3v) is 6.74. The predicted octanol–water partition coefficient (Wildman–Crippen LogP) is 8.72. The maximum Gasteiger partial charge on any atom is 0.457 e. The first kappa shape index (κ1) is 31.4. The van der Waals surface area contributed by atoms with Gasteiger partial charge in [0.2, 0.25) is 0 Å². The number of nitrogens with one attached hydrogen (secondary N) is 1. The monoisotopic (exact) mass is 708 g/mol. The molecule has 3 aromatic rings. The van der Waals surface area contributed by atoms with Crippen molar-refractivity contribution >= 4 is 55.3 Å². The van der Waals surface area contributed by atoms with Gasteiger partial charge >= 0.3 is 23.9 Å². The highest BCUT2D eigenvalue weighted by Crippen LogP contribution is 2.58. The van der Waals surface area contributed by atoms with E-state index in [-0.39, 0.29) is 28.9 Å². The molecule has 4 nitrogen and oxygen atoms in total. The maximum atomic E-state index is 14.8. The Kier molecular flexibility index (Phi) is 8.65.